The van der Waals surface area contributed by atoms with Crippen LogP contribution in [0.25, 0.3) is 0 Å². The zero-order valence-corrected chi connectivity index (χ0v) is 11.9. The van der Waals surface area contributed by atoms with E-state index in [0.717, 1.165) is 7.11 Å². The molecule has 0 spiro atoms. The molecule has 1 aromatic rings. The van der Waals surface area contributed by atoms with Crippen molar-refractivity contribution >= 4 is 12.7 Å². The third-order valence-electron chi connectivity index (χ3n) is 3.30. The summed E-state index contributed by atoms with van der Waals surface area (Å²) in [4.78, 5) is 0. The molecule has 1 aliphatic rings. The Morgan fingerprint density at radius 2 is 1.74 bits per heavy atom. The second-order valence-corrected chi connectivity index (χ2v) is 5.01. The van der Waals surface area contributed by atoms with E-state index in [0.29, 0.717) is 6.92 Å². The van der Waals surface area contributed by atoms with Crippen molar-refractivity contribution in [2.45, 2.75) is 18.8 Å². The highest BCUT2D eigenvalue weighted by atomic mass is 19.2. The van der Waals surface area contributed by atoms with Crippen molar-refractivity contribution in [1.29, 1.82) is 0 Å². The summed E-state index contributed by atoms with van der Waals surface area (Å²) in [6, 6.07) is 0.239. The lowest BCUT2D eigenvalue weighted by Gasteiger charge is -2.26. The van der Waals surface area contributed by atoms with E-state index in [1.54, 1.807) is 0 Å². The van der Waals surface area contributed by atoms with Crippen molar-refractivity contribution in [3.8, 4) is 5.75 Å². The normalized spacial score (nSPS) is 24.6. The molecule has 2 atom stereocenters. The van der Waals surface area contributed by atoms with Crippen molar-refractivity contribution in [1.82, 2.24) is 0 Å². The van der Waals surface area contributed by atoms with Crippen LogP contribution in [0.5, 0.6) is 5.75 Å². The number of hydrogen-bond acceptors (Lipinski definition) is 1. The molecule has 1 radical (unpaired) electrons. The van der Waals surface area contributed by atoms with Crippen LogP contribution in [-0.2, 0) is 0 Å². The number of ether oxygens (including phenoxy) is 1. The van der Waals surface area contributed by atoms with Crippen molar-refractivity contribution in [2.75, 3.05) is 7.11 Å². The van der Waals surface area contributed by atoms with Gasteiger partial charge in [-0.1, -0.05) is 0 Å². The predicted molar refractivity (Wildman–Crippen MR) is 70.0 cm³/mol. The maximum Gasteiger partial charge on any atom is 0.207 e. The van der Waals surface area contributed by atoms with Gasteiger partial charge >= 0.3 is 0 Å². The third kappa shape index (κ3) is 2.96. The van der Waals surface area contributed by atoms with Crippen LogP contribution in [0.1, 0.15) is 6.92 Å². The Bertz CT molecular complexity index is 712. The Labute approximate surface area is 127 Å². The minimum atomic E-state index is -2.94. The second kappa shape index (κ2) is 5.94. The SMILES string of the molecule is COc1c(F)cc(F)c([B]C2=C(F)C(F)C(C)(F)C=C2F)c1F. The first-order valence-electron chi connectivity index (χ1n) is 6.27. The van der Waals surface area contributed by atoms with Crippen molar-refractivity contribution < 1.29 is 35.5 Å². The Kier molecular flexibility index (Phi) is 4.50. The van der Waals surface area contributed by atoms with Gasteiger partial charge in [0.25, 0.3) is 0 Å². The first-order valence-corrected chi connectivity index (χ1v) is 6.27. The molecular weight excluding hydrogens is 328 g/mol. The van der Waals surface area contributed by atoms with E-state index in [2.05, 4.69) is 4.74 Å². The highest BCUT2D eigenvalue weighted by Gasteiger charge is 2.43. The van der Waals surface area contributed by atoms with E-state index in [-0.39, 0.29) is 19.4 Å². The Balaban J connectivity index is 2.52. The van der Waals surface area contributed by atoms with Crippen molar-refractivity contribution in [3.05, 3.63) is 46.7 Å². The molecule has 0 aromatic heterocycles. The van der Waals surface area contributed by atoms with E-state index in [9.17, 15) is 30.7 Å². The number of hydrogen-bond donors (Lipinski definition) is 0. The fourth-order valence-electron chi connectivity index (χ4n) is 2.09. The zero-order valence-electron chi connectivity index (χ0n) is 11.9. The van der Waals surface area contributed by atoms with E-state index >= 15 is 0 Å². The van der Waals surface area contributed by atoms with Crippen LogP contribution in [0.15, 0.2) is 29.3 Å². The molecule has 1 aromatic carbocycles. The molecule has 0 aliphatic heterocycles. The molecule has 1 nitrogen and oxygen atoms in total. The molecule has 0 fully saturated rings. The highest BCUT2D eigenvalue weighted by molar-refractivity contribution is 6.62. The zero-order chi connectivity index (χ0) is 17.5. The molecule has 23 heavy (non-hydrogen) atoms. The first kappa shape index (κ1) is 17.4. The maximum atomic E-state index is 14.0. The Morgan fingerprint density at radius 3 is 2.30 bits per heavy atom. The van der Waals surface area contributed by atoms with Gasteiger partial charge in [-0.2, -0.15) is 0 Å². The molecule has 2 rings (SSSR count). The van der Waals surface area contributed by atoms with E-state index < -0.39 is 57.6 Å². The maximum absolute atomic E-state index is 14.0. The summed E-state index contributed by atoms with van der Waals surface area (Å²) in [5, 5.41) is 0. The topological polar surface area (TPSA) is 9.23 Å². The van der Waals surface area contributed by atoms with Crippen LogP contribution in [-0.4, -0.2) is 26.2 Å². The number of rotatable bonds is 3. The van der Waals surface area contributed by atoms with E-state index in [1.807, 2.05) is 0 Å². The minimum absolute atomic E-state index is 0.156. The van der Waals surface area contributed by atoms with Crippen LogP contribution in [0.4, 0.5) is 30.7 Å². The number of halogens is 7. The van der Waals surface area contributed by atoms with Crippen molar-refractivity contribution in [2.24, 2.45) is 0 Å². The van der Waals surface area contributed by atoms with Gasteiger partial charge in [0.15, 0.2) is 29.2 Å². The molecule has 0 bridgehead atoms. The van der Waals surface area contributed by atoms with Crippen molar-refractivity contribution in [3.63, 3.8) is 0 Å². The molecule has 0 heterocycles. The largest absolute Gasteiger partial charge is 0.491 e. The summed E-state index contributed by atoms with van der Waals surface area (Å²) in [6.07, 6.45) is -2.69. The monoisotopic (exact) mass is 337 g/mol. The Morgan fingerprint density at radius 1 is 1.13 bits per heavy atom. The summed E-state index contributed by atoms with van der Waals surface area (Å²) in [5.41, 5.74) is -5.16. The van der Waals surface area contributed by atoms with Gasteiger partial charge in [-0.05, 0) is 23.9 Å². The predicted octanol–water partition coefficient (Wildman–Crippen LogP) is 3.56. The van der Waals surface area contributed by atoms with Crippen LogP contribution < -0.4 is 10.2 Å². The molecule has 123 valence electrons. The average Bonchev–Trinajstić information content (AvgIpc) is 2.44. The van der Waals surface area contributed by atoms with Gasteiger partial charge in [-0.15, -0.1) is 0 Å². The van der Waals surface area contributed by atoms with Crippen LogP contribution >= 0.6 is 0 Å². The van der Waals surface area contributed by atoms with Gasteiger partial charge in [-0.25, -0.2) is 30.7 Å². The molecule has 1 aliphatic carbocycles. The number of allylic oxidation sites excluding steroid dienone is 4. The average molecular weight is 337 g/mol. The molecule has 0 amide bonds. The quantitative estimate of drug-likeness (QED) is 0.606. The highest BCUT2D eigenvalue weighted by Crippen LogP contribution is 2.37. The van der Waals surface area contributed by atoms with Gasteiger partial charge < -0.3 is 4.74 Å². The summed E-state index contributed by atoms with van der Waals surface area (Å²) >= 11 is 0. The second-order valence-electron chi connectivity index (χ2n) is 5.01. The van der Waals surface area contributed by atoms with Crippen LogP contribution in [0.3, 0.4) is 0 Å². The van der Waals surface area contributed by atoms with Gasteiger partial charge in [0.05, 0.1) is 7.11 Å². The molecule has 9 heteroatoms. The van der Waals surface area contributed by atoms with Crippen LogP contribution in [0, 0.1) is 17.5 Å². The summed E-state index contributed by atoms with van der Waals surface area (Å²) < 4.78 is 100. The molecular formula is C14H9BF7O. The molecule has 2 unspecified atom stereocenters. The number of benzene rings is 1. The third-order valence-corrected chi connectivity index (χ3v) is 3.30. The lowest BCUT2D eigenvalue weighted by molar-refractivity contribution is 0.114. The van der Waals surface area contributed by atoms with E-state index in [4.69, 9.17) is 0 Å². The molecule has 0 saturated heterocycles. The number of alkyl halides is 2. The fourth-order valence-corrected chi connectivity index (χ4v) is 2.09. The Hall–Kier alpha value is -1.93. The van der Waals surface area contributed by atoms with Gasteiger partial charge in [0.2, 0.25) is 7.28 Å². The molecule has 0 N–H and O–H groups in total. The van der Waals surface area contributed by atoms with Crippen LogP contribution in [0.2, 0.25) is 0 Å². The summed E-state index contributed by atoms with van der Waals surface area (Å²) in [5.74, 6) is -8.81. The van der Waals surface area contributed by atoms with Gasteiger partial charge in [-0.3, -0.25) is 0 Å². The lowest BCUT2D eigenvalue weighted by atomic mass is 9.60. The number of methoxy groups -OCH3 is 1. The smallest absolute Gasteiger partial charge is 0.207 e. The lowest BCUT2D eigenvalue weighted by Crippen LogP contribution is -2.36. The first-order chi connectivity index (χ1) is 10.6. The standard InChI is InChI=1S/C14H9BF7O/c1-14(22)4-7(18)9(11(20)13(14)21)15-8-5(16)3-6(17)12(23-2)10(8)19/h3-4,13H,1-2H3. The van der Waals surface area contributed by atoms with Gasteiger partial charge in [0.1, 0.15) is 17.5 Å². The van der Waals surface area contributed by atoms with E-state index in [1.165, 1.54) is 0 Å². The molecule has 0 saturated carbocycles. The minimum Gasteiger partial charge on any atom is -0.491 e. The summed E-state index contributed by atoms with van der Waals surface area (Å²) in [6.45, 7) is 0.607. The van der Waals surface area contributed by atoms with Gasteiger partial charge in [0, 0.05) is 6.07 Å². The summed E-state index contributed by atoms with van der Waals surface area (Å²) in [7, 11) is 1.19. The fraction of sp³-hybridized carbons (Fsp3) is 0.286.